The predicted molar refractivity (Wildman–Crippen MR) is 110 cm³/mol. The first-order valence-electron chi connectivity index (χ1n) is 8.93. The van der Waals surface area contributed by atoms with E-state index in [0.29, 0.717) is 23.0 Å². The molecule has 4 rings (SSSR count). The lowest BCUT2D eigenvalue weighted by atomic mass is 10.0. The number of ether oxygens (including phenoxy) is 1. The third-order valence-electron chi connectivity index (χ3n) is 4.91. The Bertz CT molecular complexity index is 1210. The minimum absolute atomic E-state index is 0.363. The van der Waals surface area contributed by atoms with Gasteiger partial charge in [0.2, 0.25) is 0 Å². The minimum Gasteiger partial charge on any atom is -0.487 e. The molecule has 1 aromatic heterocycles. The molecular weight excluding hydrogens is 360 g/mol. The average molecular weight is 379 g/mol. The van der Waals surface area contributed by atoms with E-state index in [1.54, 1.807) is 6.07 Å². The van der Waals surface area contributed by atoms with E-state index in [0.717, 1.165) is 33.9 Å². The van der Waals surface area contributed by atoms with Gasteiger partial charge >= 0.3 is 5.63 Å². The van der Waals surface area contributed by atoms with Crippen molar-refractivity contribution in [2.24, 2.45) is 0 Å². The molecule has 3 nitrogen and oxygen atoms in total. The van der Waals surface area contributed by atoms with E-state index in [1.807, 2.05) is 25.1 Å². The van der Waals surface area contributed by atoms with Crippen LogP contribution in [0.4, 0.5) is 0 Å². The zero-order valence-electron chi connectivity index (χ0n) is 15.2. The third kappa shape index (κ3) is 3.31. The van der Waals surface area contributed by atoms with Gasteiger partial charge in [0.15, 0.2) is 0 Å². The van der Waals surface area contributed by atoms with Crippen LogP contribution in [-0.4, -0.2) is 0 Å². The highest BCUT2D eigenvalue weighted by atomic mass is 35.5. The predicted octanol–water partition coefficient (Wildman–Crippen LogP) is 6.05. The molecule has 0 unspecified atom stereocenters. The molecule has 27 heavy (non-hydrogen) atoms. The zero-order valence-corrected chi connectivity index (χ0v) is 16.0. The SMILES string of the molecule is CCc1cc(=O)oc2cc(OCc3c(C)ccc4ccccc34)c(Cl)cc12. The second-order valence-electron chi connectivity index (χ2n) is 6.59. The van der Waals surface area contributed by atoms with Crippen molar-refractivity contribution in [1.82, 2.24) is 0 Å². The molecular formula is C23H19ClO3. The highest BCUT2D eigenvalue weighted by Gasteiger charge is 2.12. The summed E-state index contributed by atoms with van der Waals surface area (Å²) in [7, 11) is 0. The van der Waals surface area contributed by atoms with Crippen molar-refractivity contribution in [2.75, 3.05) is 0 Å². The van der Waals surface area contributed by atoms with Crippen LogP contribution in [0.15, 0.2) is 63.8 Å². The smallest absolute Gasteiger partial charge is 0.336 e. The largest absolute Gasteiger partial charge is 0.487 e. The van der Waals surface area contributed by atoms with Crippen molar-refractivity contribution in [3.8, 4) is 5.75 Å². The van der Waals surface area contributed by atoms with Crippen molar-refractivity contribution in [1.29, 1.82) is 0 Å². The molecule has 0 radical (unpaired) electrons. The van der Waals surface area contributed by atoms with Gasteiger partial charge < -0.3 is 9.15 Å². The summed E-state index contributed by atoms with van der Waals surface area (Å²) in [5, 5.41) is 3.68. The van der Waals surface area contributed by atoms with Gasteiger partial charge in [-0.2, -0.15) is 0 Å². The lowest BCUT2D eigenvalue weighted by Crippen LogP contribution is -2.02. The molecule has 4 heteroatoms. The monoisotopic (exact) mass is 378 g/mol. The molecule has 0 amide bonds. The van der Waals surface area contributed by atoms with Crippen LogP contribution in [0, 0.1) is 6.92 Å². The molecule has 136 valence electrons. The molecule has 0 aliphatic carbocycles. The summed E-state index contributed by atoms with van der Waals surface area (Å²) in [6.45, 7) is 4.45. The second-order valence-corrected chi connectivity index (χ2v) is 7.00. The number of rotatable bonds is 4. The van der Waals surface area contributed by atoms with Gasteiger partial charge in [0.25, 0.3) is 0 Å². The summed E-state index contributed by atoms with van der Waals surface area (Å²) in [5.74, 6) is 0.507. The molecule has 0 saturated heterocycles. The summed E-state index contributed by atoms with van der Waals surface area (Å²) in [6.07, 6.45) is 0.730. The second kappa shape index (κ2) is 7.09. The number of benzene rings is 3. The maximum atomic E-state index is 11.8. The Labute approximate surface area is 162 Å². The zero-order chi connectivity index (χ0) is 19.0. The Balaban J connectivity index is 1.74. The first-order chi connectivity index (χ1) is 13.1. The van der Waals surface area contributed by atoms with Gasteiger partial charge in [0.1, 0.15) is 17.9 Å². The number of halogens is 1. The first kappa shape index (κ1) is 17.6. The fourth-order valence-corrected chi connectivity index (χ4v) is 3.64. The molecule has 0 spiro atoms. The fourth-order valence-electron chi connectivity index (χ4n) is 3.42. The Morgan fingerprint density at radius 2 is 1.85 bits per heavy atom. The lowest BCUT2D eigenvalue weighted by Gasteiger charge is -2.14. The van der Waals surface area contributed by atoms with Gasteiger partial charge in [0, 0.05) is 23.1 Å². The third-order valence-corrected chi connectivity index (χ3v) is 5.21. The van der Waals surface area contributed by atoms with Gasteiger partial charge in [-0.25, -0.2) is 4.79 Å². The molecule has 3 aromatic carbocycles. The normalized spacial score (nSPS) is 11.2. The summed E-state index contributed by atoms with van der Waals surface area (Å²) in [5.41, 5.74) is 3.32. The molecule has 1 heterocycles. The van der Waals surface area contributed by atoms with Gasteiger partial charge in [-0.1, -0.05) is 54.9 Å². The molecule has 0 saturated carbocycles. The Morgan fingerprint density at radius 3 is 2.67 bits per heavy atom. The van der Waals surface area contributed by atoms with Crippen molar-refractivity contribution in [3.63, 3.8) is 0 Å². The number of fused-ring (bicyclic) bond motifs is 2. The molecule has 0 bridgehead atoms. The molecule has 4 aromatic rings. The van der Waals surface area contributed by atoms with Crippen molar-refractivity contribution in [2.45, 2.75) is 26.9 Å². The number of hydrogen-bond acceptors (Lipinski definition) is 3. The Kier molecular flexibility index (Phi) is 4.63. The van der Waals surface area contributed by atoms with E-state index in [-0.39, 0.29) is 5.63 Å². The van der Waals surface area contributed by atoms with Crippen LogP contribution in [0.3, 0.4) is 0 Å². The van der Waals surface area contributed by atoms with E-state index in [4.69, 9.17) is 20.8 Å². The molecule has 0 fully saturated rings. The average Bonchev–Trinajstić information content (AvgIpc) is 2.67. The van der Waals surface area contributed by atoms with Gasteiger partial charge in [-0.3, -0.25) is 0 Å². The van der Waals surface area contributed by atoms with Crippen LogP contribution in [-0.2, 0) is 13.0 Å². The molecule has 0 aliphatic heterocycles. The van der Waals surface area contributed by atoms with E-state index >= 15 is 0 Å². The minimum atomic E-state index is -0.363. The van der Waals surface area contributed by atoms with Crippen LogP contribution in [0.2, 0.25) is 5.02 Å². The lowest BCUT2D eigenvalue weighted by molar-refractivity contribution is 0.307. The van der Waals surface area contributed by atoms with Crippen LogP contribution >= 0.6 is 11.6 Å². The number of aryl methyl sites for hydroxylation is 2. The van der Waals surface area contributed by atoms with Crippen LogP contribution in [0.25, 0.3) is 21.7 Å². The first-order valence-corrected chi connectivity index (χ1v) is 9.31. The fraction of sp³-hybridized carbons (Fsp3) is 0.174. The molecule has 0 N–H and O–H groups in total. The Morgan fingerprint density at radius 1 is 1.04 bits per heavy atom. The van der Waals surface area contributed by atoms with Crippen molar-refractivity contribution >= 4 is 33.3 Å². The van der Waals surface area contributed by atoms with Gasteiger partial charge in [-0.15, -0.1) is 0 Å². The molecule has 0 atom stereocenters. The highest BCUT2D eigenvalue weighted by Crippen LogP contribution is 2.33. The Hall–Kier alpha value is -2.78. The van der Waals surface area contributed by atoms with Gasteiger partial charge in [-0.05, 0) is 41.3 Å². The molecule has 0 aliphatic rings. The maximum absolute atomic E-state index is 11.8. The summed E-state index contributed by atoms with van der Waals surface area (Å²) >= 11 is 6.45. The highest BCUT2D eigenvalue weighted by molar-refractivity contribution is 6.32. The van der Waals surface area contributed by atoms with E-state index in [9.17, 15) is 4.79 Å². The number of hydrogen-bond donors (Lipinski definition) is 0. The summed E-state index contributed by atoms with van der Waals surface area (Å²) in [4.78, 5) is 11.8. The van der Waals surface area contributed by atoms with Crippen molar-refractivity contribution < 1.29 is 9.15 Å². The van der Waals surface area contributed by atoms with Crippen molar-refractivity contribution in [3.05, 3.63) is 86.7 Å². The van der Waals surface area contributed by atoms with E-state index in [1.165, 1.54) is 11.5 Å². The maximum Gasteiger partial charge on any atom is 0.336 e. The quantitative estimate of drug-likeness (QED) is 0.406. The van der Waals surface area contributed by atoms with Gasteiger partial charge in [0.05, 0.1) is 5.02 Å². The van der Waals surface area contributed by atoms with E-state index in [2.05, 4.69) is 31.2 Å². The summed E-state index contributed by atoms with van der Waals surface area (Å²) < 4.78 is 11.4. The topological polar surface area (TPSA) is 39.4 Å². The standard InChI is InChI=1S/C23H19ClO3/c1-3-15-10-23(25)27-21-12-22(20(24)11-18(15)21)26-13-19-14(2)8-9-16-6-4-5-7-17(16)19/h4-12H,3,13H2,1-2H3. The van der Waals surface area contributed by atoms with Crippen LogP contribution in [0.5, 0.6) is 5.75 Å². The van der Waals surface area contributed by atoms with E-state index < -0.39 is 0 Å². The van der Waals surface area contributed by atoms with Crippen LogP contribution in [0.1, 0.15) is 23.6 Å². The summed E-state index contributed by atoms with van der Waals surface area (Å²) in [6, 6.07) is 17.5. The van der Waals surface area contributed by atoms with Crippen LogP contribution < -0.4 is 10.4 Å².